The molecule has 0 fully saturated rings. The fourth-order valence-electron chi connectivity index (χ4n) is 1.86. The first-order chi connectivity index (χ1) is 8.81. The third-order valence-corrected chi connectivity index (χ3v) is 4.45. The summed E-state index contributed by atoms with van der Waals surface area (Å²) in [5.41, 5.74) is 9.54. The molecule has 3 aromatic heterocycles. The number of rotatable bonds is 2. The Morgan fingerprint density at radius 2 is 2.11 bits per heavy atom. The highest BCUT2D eigenvalue weighted by Crippen LogP contribution is 2.32. The molecule has 3 rings (SSSR count). The summed E-state index contributed by atoms with van der Waals surface area (Å²) in [6.07, 6.45) is 5.50. The molecule has 0 aliphatic rings. The van der Waals surface area contributed by atoms with E-state index >= 15 is 0 Å². The van der Waals surface area contributed by atoms with Gasteiger partial charge in [-0.15, -0.1) is 0 Å². The van der Waals surface area contributed by atoms with E-state index < -0.39 is 0 Å². The van der Waals surface area contributed by atoms with Gasteiger partial charge in [0.15, 0.2) is 5.65 Å². The summed E-state index contributed by atoms with van der Waals surface area (Å²) in [6.45, 7) is 0. The van der Waals surface area contributed by atoms with Crippen LogP contribution in [-0.4, -0.2) is 13.9 Å². The van der Waals surface area contributed by atoms with E-state index in [1.54, 1.807) is 21.5 Å². The molecular weight excluding hydrogens is 359 g/mol. The Hall–Kier alpha value is -1.28. The maximum absolute atomic E-state index is 6.21. The normalized spacial score (nSPS) is 10.9. The van der Waals surface area contributed by atoms with Crippen LogP contribution in [0, 0.1) is 0 Å². The summed E-state index contributed by atoms with van der Waals surface area (Å²) in [7, 11) is 1.57. The minimum atomic E-state index is 0.725. The zero-order valence-corrected chi connectivity index (χ0v) is 12.2. The van der Waals surface area contributed by atoms with Crippen LogP contribution in [-0.2, 0) is 0 Å². The highest BCUT2D eigenvalue weighted by Gasteiger charge is 2.11. The number of hydrogen-bond donors (Lipinski definition) is 1. The largest absolute Gasteiger partial charge is 0.398 e. The highest BCUT2D eigenvalue weighted by atomic mass is 127. The van der Waals surface area contributed by atoms with Crippen molar-refractivity contribution in [3.05, 3.63) is 42.9 Å². The van der Waals surface area contributed by atoms with Gasteiger partial charge in [-0.05, 0) is 18.2 Å². The Morgan fingerprint density at radius 3 is 2.83 bits per heavy atom. The lowest BCUT2D eigenvalue weighted by Gasteiger charge is -2.06. The molecule has 4 nitrogen and oxygen atoms in total. The van der Waals surface area contributed by atoms with Crippen molar-refractivity contribution >= 4 is 47.0 Å². The van der Waals surface area contributed by atoms with Crippen LogP contribution in [0.5, 0.6) is 0 Å². The first-order valence-corrected chi connectivity index (χ1v) is 8.59. The molecule has 0 saturated heterocycles. The van der Waals surface area contributed by atoms with E-state index in [0.29, 0.717) is 0 Å². The van der Waals surface area contributed by atoms with Gasteiger partial charge in [-0.1, -0.05) is 6.07 Å². The van der Waals surface area contributed by atoms with Crippen LogP contribution in [0.2, 0.25) is 0 Å². The van der Waals surface area contributed by atoms with E-state index in [9.17, 15) is 0 Å². The Morgan fingerprint density at radius 1 is 1.22 bits per heavy atom. The first kappa shape index (κ1) is 11.8. The smallest absolute Gasteiger partial charge is 0.152 e. The average molecular weight is 368 g/mol. The number of nitrogens with two attached hydrogens (primary N) is 1. The molecule has 0 unspecified atom stereocenters. The van der Waals surface area contributed by atoms with Crippen molar-refractivity contribution in [1.29, 1.82) is 0 Å². The number of nitrogen functional groups attached to an aromatic ring is 1. The zero-order valence-electron chi connectivity index (χ0n) is 9.25. The molecular formula is C12H9IN4S. The molecule has 0 bridgehead atoms. The summed E-state index contributed by atoms with van der Waals surface area (Å²) in [5, 5.41) is 0.960. The van der Waals surface area contributed by atoms with Crippen LogP contribution in [0.1, 0.15) is 0 Å². The van der Waals surface area contributed by atoms with E-state index in [1.165, 1.54) is 0 Å². The Balaban J connectivity index is 2.24. The molecule has 90 valence electrons. The second-order valence-electron chi connectivity index (χ2n) is 3.75. The predicted octanol–water partition coefficient (Wildman–Crippen LogP) is 3.53. The molecule has 0 amide bonds. The fraction of sp³-hybridized carbons (Fsp3) is 0. The van der Waals surface area contributed by atoms with Gasteiger partial charge in [0.1, 0.15) is 0 Å². The summed E-state index contributed by atoms with van der Waals surface area (Å²) < 4.78 is 1.98. The quantitative estimate of drug-likeness (QED) is 0.704. The van der Waals surface area contributed by atoms with Gasteiger partial charge in [0.05, 0.1) is 11.4 Å². The summed E-state index contributed by atoms with van der Waals surface area (Å²) in [6, 6.07) is 7.74. The van der Waals surface area contributed by atoms with Crippen molar-refractivity contribution < 1.29 is 0 Å². The molecule has 6 heteroatoms. The molecule has 0 aliphatic heterocycles. The number of aromatic nitrogens is 3. The van der Waals surface area contributed by atoms with Gasteiger partial charge < -0.3 is 5.73 Å². The summed E-state index contributed by atoms with van der Waals surface area (Å²) >= 11 is 2.22. The van der Waals surface area contributed by atoms with E-state index in [1.807, 2.05) is 34.4 Å². The third kappa shape index (κ3) is 1.85. The number of anilines is 1. The average Bonchev–Trinajstić information content (AvgIpc) is 2.84. The highest BCUT2D eigenvalue weighted by molar-refractivity contribution is 14.2. The molecule has 18 heavy (non-hydrogen) atoms. The van der Waals surface area contributed by atoms with Gasteiger partial charge >= 0.3 is 0 Å². The number of hydrogen-bond acceptors (Lipinski definition) is 4. The lowest BCUT2D eigenvalue weighted by Crippen LogP contribution is -1.95. The van der Waals surface area contributed by atoms with Gasteiger partial charge in [-0.25, -0.2) is 4.98 Å². The third-order valence-electron chi connectivity index (χ3n) is 2.74. The van der Waals surface area contributed by atoms with Crippen molar-refractivity contribution in [3.63, 3.8) is 0 Å². The van der Waals surface area contributed by atoms with Crippen molar-refractivity contribution in [2.45, 2.75) is 0 Å². The Labute approximate surface area is 120 Å². The number of nitrogens with zero attached hydrogens (tertiary/aromatic N) is 3. The van der Waals surface area contributed by atoms with E-state index in [0.717, 1.165) is 28.0 Å². The standard InChI is InChI=1S/C12H9IN4S/c13-18-17-6-4-8-11(14)9(7-16-12(8)17)10-3-1-2-5-15-10/h1-7H,(H2,14,16). The minimum absolute atomic E-state index is 0.725. The van der Waals surface area contributed by atoms with Crippen LogP contribution in [0.25, 0.3) is 22.3 Å². The minimum Gasteiger partial charge on any atom is -0.398 e. The maximum atomic E-state index is 6.21. The van der Waals surface area contributed by atoms with Gasteiger partial charge in [-0.2, -0.15) is 0 Å². The molecule has 0 aromatic carbocycles. The van der Waals surface area contributed by atoms with Crippen molar-refractivity contribution in [2.24, 2.45) is 0 Å². The molecule has 0 saturated carbocycles. The van der Waals surface area contributed by atoms with Crippen LogP contribution in [0.4, 0.5) is 5.69 Å². The molecule has 0 spiro atoms. The Kier molecular flexibility index (Phi) is 3.13. The van der Waals surface area contributed by atoms with Crippen molar-refractivity contribution in [2.75, 3.05) is 5.73 Å². The topological polar surface area (TPSA) is 56.7 Å². The molecule has 3 aromatic rings. The SMILES string of the molecule is Nc1c(-c2ccccn2)cnc2c1ccn2SI. The van der Waals surface area contributed by atoms with Gasteiger partial charge in [0.2, 0.25) is 0 Å². The number of fused-ring (bicyclic) bond motifs is 1. The van der Waals surface area contributed by atoms with Crippen molar-refractivity contribution in [3.8, 4) is 11.3 Å². The molecule has 0 atom stereocenters. The van der Waals surface area contributed by atoms with E-state index in [-0.39, 0.29) is 0 Å². The van der Waals surface area contributed by atoms with Crippen molar-refractivity contribution in [1.82, 2.24) is 13.9 Å². The fourth-order valence-corrected chi connectivity index (χ4v) is 3.14. The van der Waals surface area contributed by atoms with Crippen LogP contribution >= 0.6 is 30.3 Å². The second kappa shape index (κ2) is 4.77. The monoisotopic (exact) mass is 368 g/mol. The number of halogens is 1. The first-order valence-electron chi connectivity index (χ1n) is 5.27. The lowest BCUT2D eigenvalue weighted by atomic mass is 10.1. The Bertz CT molecular complexity index is 696. The van der Waals surface area contributed by atoms with Gasteiger partial charge in [0, 0.05) is 59.9 Å². The summed E-state index contributed by atoms with van der Waals surface area (Å²) in [5.74, 6) is 0. The molecule has 3 heterocycles. The second-order valence-corrected chi connectivity index (χ2v) is 5.46. The van der Waals surface area contributed by atoms with Crippen LogP contribution < -0.4 is 5.73 Å². The van der Waals surface area contributed by atoms with E-state index in [2.05, 4.69) is 31.2 Å². The maximum Gasteiger partial charge on any atom is 0.152 e. The van der Waals surface area contributed by atoms with Gasteiger partial charge in [0.25, 0.3) is 0 Å². The van der Waals surface area contributed by atoms with Gasteiger partial charge in [-0.3, -0.25) is 8.96 Å². The van der Waals surface area contributed by atoms with Crippen LogP contribution in [0.15, 0.2) is 42.9 Å². The number of pyridine rings is 2. The zero-order chi connectivity index (χ0) is 12.5. The molecule has 2 N–H and O–H groups in total. The van der Waals surface area contributed by atoms with Crippen LogP contribution in [0.3, 0.4) is 0 Å². The van der Waals surface area contributed by atoms with E-state index in [4.69, 9.17) is 5.73 Å². The molecule has 0 aliphatic carbocycles. The predicted molar refractivity (Wildman–Crippen MR) is 84.4 cm³/mol. The molecule has 0 radical (unpaired) electrons. The lowest BCUT2D eigenvalue weighted by molar-refractivity contribution is 1.26. The summed E-state index contributed by atoms with van der Waals surface area (Å²) in [4.78, 5) is 8.78.